The molecule has 2 heterocycles. The summed E-state index contributed by atoms with van der Waals surface area (Å²) in [5.74, 6) is -0.459. The summed E-state index contributed by atoms with van der Waals surface area (Å²) in [7, 11) is 0. The smallest absolute Gasteiger partial charge is 0.327 e. The number of amides is 1. The minimum Gasteiger partial charge on any atom is -0.480 e. The molecule has 1 amide bonds. The fourth-order valence-electron chi connectivity index (χ4n) is 1.63. The molecule has 7 heteroatoms. The maximum absolute atomic E-state index is 12.1. The summed E-state index contributed by atoms with van der Waals surface area (Å²) >= 11 is 2.83. The van der Waals surface area contributed by atoms with Gasteiger partial charge in [-0.2, -0.15) is 0 Å². The Labute approximate surface area is 107 Å². The summed E-state index contributed by atoms with van der Waals surface area (Å²) in [6, 6.07) is 2.10. The van der Waals surface area contributed by atoms with E-state index >= 15 is 0 Å². The number of thioether (sulfide) groups is 1. The van der Waals surface area contributed by atoms with Crippen molar-refractivity contribution in [3.63, 3.8) is 0 Å². The normalized spacial score (nSPS) is 21.5. The van der Waals surface area contributed by atoms with E-state index in [1.165, 1.54) is 28.0 Å². The van der Waals surface area contributed by atoms with E-state index in [2.05, 4.69) is 0 Å². The molecule has 0 aromatic carbocycles. The Morgan fingerprint density at radius 2 is 2.35 bits per heavy atom. The summed E-state index contributed by atoms with van der Waals surface area (Å²) in [5.41, 5.74) is 5.84. The van der Waals surface area contributed by atoms with Crippen LogP contribution in [-0.2, 0) is 9.59 Å². The molecule has 92 valence electrons. The molecule has 1 aliphatic rings. The second-order valence-corrected chi connectivity index (χ2v) is 5.63. The predicted octanol–water partition coefficient (Wildman–Crippen LogP) is 0.734. The number of nitrogens with two attached hydrogens (primary N) is 1. The number of carboxylic acid groups (broad SMARTS) is 1. The van der Waals surface area contributed by atoms with E-state index in [-0.39, 0.29) is 5.91 Å². The largest absolute Gasteiger partial charge is 0.480 e. The standard InChI is InChI=1S/C10H12N2O3S2/c11-8(7-2-1-3-17-7)9(13)12-5-16-4-6(12)10(14)15/h1-3,6,8H,4-5,11H2,(H,14,15)/t6-,8?/m0/s1. The van der Waals surface area contributed by atoms with Crippen LogP contribution in [0.4, 0.5) is 0 Å². The van der Waals surface area contributed by atoms with Gasteiger partial charge in [-0.1, -0.05) is 6.07 Å². The van der Waals surface area contributed by atoms with Gasteiger partial charge in [0, 0.05) is 10.6 Å². The minimum atomic E-state index is -0.971. The fraction of sp³-hybridized carbons (Fsp3) is 0.400. The van der Waals surface area contributed by atoms with Crippen molar-refractivity contribution in [1.82, 2.24) is 4.90 Å². The molecule has 0 bridgehead atoms. The van der Waals surface area contributed by atoms with Gasteiger partial charge in [-0.05, 0) is 11.4 Å². The van der Waals surface area contributed by atoms with Gasteiger partial charge in [-0.15, -0.1) is 23.1 Å². The Balaban J connectivity index is 2.12. The highest BCUT2D eigenvalue weighted by atomic mass is 32.2. The summed E-state index contributed by atoms with van der Waals surface area (Å²) in [6.07, 6.45) is 0. The molecular formula is C10H12N2O3S2. The van der Waals surface area contributed by atoms with Crippen molar-refractivity contribution >= 4 is 35.0 Å². The minimum absolute atomic E-state index is 0.315. The zero-order valence-electron chi connectivity index (χ0n) is 8.91. The van der Waals surface area contributed by atoms with Crippen molar-refractivity contribution in [1.29, 1.82) is 0 Å². The Morgan fingerprint density at radius 3 is 2.94 bits per heavy atom. The summed E-state index contributed by atoms with van der Waals surface area (Å²) in [6.45, 7) is 0. The van der Waals surface area contributed by atoms with Gasteiger partial charge in [0.15, 0.2) is 0 Å². The van der Waals surface area contributed by atoms with Crippen molar-refractivity contribution in [2.75, 3.05) is 11.6 Å². The molecule has 1 aromatic rings. The second kappa shape index (κ2) is 5.07. The van der Waals surface area contributed by atoms with Gasteiger partial charge < -0.3 is 15.7 Å². The summed E-state index contributed by atoms with van der Waals surface area (Å²) in [5, 5.41) is 10.8. The van der Waals surface area contributed by atoms with E-state index in [1.54, 1.807) is 6.07 Å². The number of nitrogens with zero attached hydrogens (tertiary/aromatic N) is 1. The molecule has 2 atom stereocenters. The molecule has 0 aliphatic carbocycles. The topological polar surface area (TPSA) is 83.6 Å². The molecule has 1 aliphatic heterocycles. The van der Waals surface area contributed by atoms with Crippen LogP contribution in [0, 0.1) is 0 Å². The van der Waals surface area contributed by atoms with Crippen LogP contribution in [0.25, 0.3) is 0 Å². The third kappa shape index (κ3) is 2.46. The number of rotatable bonds is 3. The highest BCUT2D eigenvalue weighted by molar-refractivity contribution is 7.99. The van der Waals surface area contributed by atoms with Gasteiger partial charge in [0.05, 0.1) is 5.88 Å². The van der Waals surface area contributed by atoms with Gasteiger partial charge in [0.25, 0.3) is 0 Å². The van der Waals surface area contributed by atoms with Crippen molar-refractivity contribution in [3.05, 3.63) is 22.4 Å². The summed E-state index contributed by atoms with van der Waals surface area (Å²) in [4.78, 5) is 25.2. The lowest BCUT2D eigenvalue weighted by Crippen LogP contribution is -2.45. The van der Waals surface area contributed by atoms with Crippen molar-refractivity contribution in [3.8, 4) is 0 Å². The third-order valence-corrected chi connectivity index (χ3v) is 4.53. The van der Waals surface area contributed by atoms with Gasteiger partial charge in [0.2, 0.25) is 5.91 Å². The molecule has 3 N–H and O–H groups in total. The molecule has 0 saturated carbocycles. The third-order valence-electron chi connectivity index (χ3n) is 2.57. The van der Waals surface area contributed by atoms with Crippen LogP contribution in [0.15, 0.2) is 17.5 Å². The Kier molecular flexibility index (Phi) is 3.70. The Morgan fingerprint density at radius 1 is 1.59 bits per heavy atom. The summed E-state index contributed by atoms with van der Waals surface area (Å²) < 4.78 is 0. The average molecular weight is 272 g/mol. The zero-order valence-corrected chi connectivity index (χ0v) is 10.5. The monoisotopic (exact) mass is 272 g/mol. The molecule has 2 rings (SSSR count). The lowest BCUT2D eigenvalue weighted by atomic mass is 10.2. The van der Waals surface area contributed by atoms with E-state index < -0.39 is 18.1 Å². The van der Waals surface area contributed by atoms with Crippen molar-refractivity contribution in [2.24, 2.45) is 5.73 Å². The van der Waals surface area contributed by atoms with Crippen LogP contribution in [0.3, 0.4) is 0 Å². The molecule has 1 fully saturated rings. The first-order valence-electron chi connectivity index (χ1n) is 5.01. The van der Waals surface area contributed by atoms with E-state index in [1.807, 2.05) is 11.4 Å². The highest BCUT2D eigenvalue weighted by Crippen LogP contribution is 2.26. The zero-order chi connectivity index (χ0) is 12.4. The van der Waals surface area contributed by atoms with Crippen molar-refractivity contribution < 1.29 is 14.7 Å². The Hall–Kier alpha value is -1.05. The van der Waals surface area contributed by atoms with Crippen LogP contribution in [0.5, 0.6) is 0 Å². The lowest BCUT2D eigenvalue weighted by molar-refractivity contribution is -0.148. The molecular weight excluding hydrogens is 260 g/mol. The number of thiophene rings is 1. The van der Waals surface area contributed by atoms with Crippen molar-refractivity contribution in [2.45, 2.75) is 12.1 Å². The van der Waals surface area contributed by atoms with E-state index in [4.69, 9.17) is 10.8 Å². The molecule has 1 saturated heterocycles. The first-order chi connectivity index (χ1) is 8.11. The van der Waals surface area contributed by atoms with Crippen LogP contribution in [-0.4, -0.2) is 39.6 Å². The first kappa shape index (κ1) is 12.4. The molecule has 0 spiro atoms. The van der Waals surface area contributed by atoms with E-state index in [9.17, 15) is 9.59 Å². The van der Waals surface area contributed by atoms with Crippen LogP contribution >= 0.6 is 23.1 Å². The highest BCUT2D eigenvalue weighted by Gasteiger charge is 2.37. The first-order valence-corrected chi connectivity index (χ1v) is 7.04. The number of carbonyl (C=O) groups is 2. The van der Waals surface area contributed by atoms with Gasteiger partial charge in [-0.3, -0.25) is 4.79 Å². The molecule has 0 radical (unpaired) electrons. The number of hydrogen-bond acceptors (Lipinski definition) is 5. The average Bonchev–Trinajstić information content (AvgIpc) is 2.97. The number of carboxylic acids is 1. The molecule has 1 unspecified atom stereocenters. The van der Waals surface area contributed by atoms with Gasteiger partial charge in [-0.25, -0.2) is 4.79 Å². The van der Waals surface area contributed by atoms with Crippen LogP contribution < -0.4 is 5.73 Å². The molecule has 1 aromatic heterocycles. The van der Waals surface area contributed by atoms with Crippen LogP contribution in [0.1, 0.15) is 10.9 Å². The number of aliphatic carboxylic acids is 1. The maximum Gasteiger partial charge on any atom is 0.327 e. The lowest BCUT2D eigenvalue weighted by Gasteiger charge is -2.23. The molecule has 5 nitrogen and oxygen atoms in total. The maximum atomic E-state index is 12.1. The fourth-order valence-corrected chi connectivity index (χ4v) is 3.51. The van der Waals surface area contributed by atoms with Crippen LogP contribution in [0.2, 0.25) is 0 Å². The quantitative estimate of drug-likeness (QED) is 0.847. The van der Waals surface area contributed by atoms with Gasteiger partial charge in [0.1, 0.15) is 12.1 Å². The number of hydrogen-bond donors (Lipinski definition) is 2. The molecule has 17 heavy (non-hydrogen) atoms. The Bertz CT molecular complexity index is 421. The van der Waals surface area contributed by atoms with Gasteiger partial charge >= 0.3 is 5.97 Å². The van der Waals surface area contributed by atoms with E-state index in [0.717, 1.165) is 4.88 Å². The number of carbonyl (C=O) groups excluding carboxylic acids is 1. The van der Waals surface area contributed by atoms with E-state index in [0.29, 0.717) is 11.6 Å². The predicted molar refractivity (Wildman–Crippen MR) is 66.8 cm³/mol. The second-order valence-electron chi connectivity index (χ2n) is 3.66. The SMILES string of the molecule is NC(C(=O)N1CSC[C@H]1C(=O)O)c1cccs1.